The maximum atomic E-state index is 11.5. The van der Waals surface area contributed by atoms with Crippen molar-refractivity contribution in [2.45, 2.75) is 43.9 Å². The second-order valence-corrected chi connectivity index (χ2v) is 7.80. The zero-order valence-corrected chi connectivity index (χ0v) is 11.9. The van der Waals surface area contributed by atoms with Crippen molar-refractivity contribution in [3.8, 4) is 0 Å². The van der Waals surface area contributed by atoms with Crippen molar-refractivity contribution in [1.29, 1.82) is 0 Å². The number of nitrogens with one attached hydrogen (secondary N) is 1. The quantitative estimate of drug-likeness (QED) is 0.761. The van der Waals surface area contributed by atoms with E-state index in [-0.39, 0.29) is 0 Å². The van der Waals surface area contributed by atoms with E-state index in [2.05, 4.69) is 11.6 Å². The second kappa shape index (κ2) is 6.87. The van der Waals surface area contributed by atoms with Crippen LogP contribution in [-0.2, 0) is 9.84 Å². The molecule has 1 saturated carbocycles. The minimum absolute atomic E-state index is 0.290. The van der Waals surface area contributed by atoms with Crippen LogP contribution in [0, 0.1) is 0 Å². The average molecular weight is 265 g/mol. The van der Waals surface area contributed by atoms with Crippen LogP contribution >= 0.6 is 11.8 Å². The van der Waals surface area contributed by atoms with Crippen LogP contribution in [0.3, 0.4) is 0 Å². The number of thioether (sulfide) groups is 1. The number of hydrogen-bond acceptors (Lipinski definition) is 4. The third-order valence-electron chi connectivity index (χ3n) is 3.09. The molecule has 16 heavy (non-hydrogen) atoms. The topological polar surface area (TPSA) is 46.2 Å². The molecule has 96 valence electrons. The van der Waals surface area contributed by atoms with Gasteiger partial charge >= 0.3 is 0 Å². The Morgan fingerprint density at radius 2 is 2.06 bits per heavy atom. The van der Waals surface area contributed by atoms with Gasteiger partial charge in [-0.1, -0.05) is 13.3 Å². The summed E-state index contributed by atoms with van der Waals surface area (Å²) in [7, 11) is -2.82. The first-order chi connectivity index (χ1) is 7.59. The lowest BCUT2D eigenvalue weighted by Gasteiger charge is -2.19. The molecule has 0 spiro atoms. The summed E-state index contributed by atoms with van der Waals surface area (Å²) in [5.74, 6) is 0.615. The SMILES string of the molecule is CCCS(=O)(=O)CCNC1CCCC1SC. The van der Waals surface area contributed by atoms with E-state index < -0.39 is 9.84 Å². The monoisotopic (exact) mass is 265 g/mol. The van der Waals surface area contributed by atoms with E-state index in [1.54, 1.807) is 0 Å². The Hall–Kier alpha value is 0.260. The molecule has 0 aliphatic heterocycles. The van der Waals surface area contributed by atoms with Crippen molar-refractivity contribution >= 4 is 21.6 Å². The molecule has 1 fully saturated rings. The summed E-state index contributed by atoms with van der Waals surface area (Å²) in [6.45, 7) is 2.52. The first kappa shape index (κ1) is 14.3. The van der Waals surface area contributed by atoms with E-state index in [1.807, 2.05) is 18.7 Å². The van der Waals surface area contributed by atoms with E-state index in [4.69, 9.17) is 0 Å². The first-order valence-electron chi connectivity index (χ1n) is 6.05. The maximum absolute atomic E-state index is 11.5. The molecule has 2 atom stereocenters. The Labute approximate surface area is 104 Å². The summed E-state index contributed by atoms with van der Waals surface area (Å²) in [6, 6.07) is 0.520. The van der Waals surface area contributed by atoms with Crippen LogP contribution < -0.4 is 5.32 Å². The molecule has 0 saturated heterocycles. The van der Waals surface area contributed by atoms with Gasteiger partial charge in [0.1, 0.15) is 0 Å². The highest BCUT2D eigenvalue weighted by Crippen LogP contribution is 2.28. The second-order valence-electron chi connectivity index (χ2n) is 4.42. The summed E-state index contributed by atoms with van der Waals surface area (Å²) >= 11 is 1.90. The predicted octanol–water partition coefficient (Wildman–Crippen LogP) is 1.68. The summed E-state index contributed by atoms with van der Waals surface area (Å²) in [5, 5.41) is 4.07. The largest absolute Gasteiger partial charge is 0.312 e. The lowest BCUT2D eigenvalue weighted by Crippen LogP contribution is -2.37. The Morgan fingerprint density at radius 1 is 1.31 bits per heavy atom. The fourth-order valence-electron chi connectivity index (χ4n) is 2.25. The smallest absolute Gasteiger partial charge is 0.151 e. The lowest BCUT2D eigenvalue weighted by molar-refractivity contribution is 0.543. The van der Waals surface area contributed by atoms with Crippen molar-refractivity contribution in [3.63, 3.8) is 0 Å². The van der Waals surface area contributed by atoms with Crippen LogP contribution in [0.2, 0.25) is 0 Å². The summed E-state index contributed by atoms with van der Waals surface area (Å²) in [5.41, 5.74) is 0. The fraction of sp³-hybridized carbons (Fsp3) is 1.00. The highest BCUT2D eigenvalue weighted by molar-refractivity contribution is 7.99. The molecule has 0 bridgehead atoms. The lowest BCUT2D eigenvalue weighted by atomic mass is 10.2. The van der Waals surface area contributed by atoms with Gasteiger partial charge in [0, 0.05) is 23.6 Å². The van der Waals surface area contributed by atoms with Gasteiger partial charge in [-0.2, -0.15) is 11.8 Å². The van der Waals surface area contributed by atoms with Gasteiger partial charge in [-0.25, -0.2) is 8.42 Å². The van der Waals surface area contributed by atoms with Gasteiger partial charge in [-0.05, 0) is 25.5 Å². The summed E-state index contributed by atoms with van der Waals surface area (Å²) < 4.78 is 23.0. The molecule has 1 N–H and O–H groups in total. The molecular formula is C11H23NO2S2. The van der Waals surface area contributed by atoms with Gasteiger partial charge in [-0.15, -0.1) is 0 Å². The molecule has 0 aromatic carbocycles. The van der Waals surface area contributed by atoms with E-state index in [1.165, 1.54) is 19.3 Å². The van der Waals surface area contributed by atoms with Gasteiger partial charge in [0.2, 0.25) is 0 Å². The molecule has 0 radical (unpaired) electrons. The van der Waals surface area contributed by atoms with E-state index >= 15 is 0 Å². The van der Waals surface area contributed by atoms with E-state index in [9.17, 15) is 8.42 Å². The van der Waals surface area contributed by atoms with E-state index in [0.717, 1.165) is 6.42 Å². The zero-order chi connectivity index (χ0) is 12.0. The Bertz CT molecular complexity index is 290. The molecular weight excluding hydrogens is 242 g/mol. The number of hydrogen-bond donors (Lipinski definition) is 1. The molecule has 0 heterocycles. The summed E-state index contributed by atoms with van der Waals surface area (Å²) in [4.78, 5) is 0. The Morgan fingerprint density at radius 3 is 2.69 bits per heavy atom. The molecule has 5 heteroatoms. The molecule has 3 nitrogen and oxygen atoms in total. The van der Waals surface area contributed by atoms with Crippen LogP contribution in [0.1, 0.15) is 32.6 Å². The molecule has 1 aliphatic rings. The highest BCUT2D eigenvalue weighted by atomic mass is 32.2. The number of rotatable bonds is 7. The van der Waals surface area contributed by atoms with Crippen LogP contribution in [0.25, 0.3) is 0 Å². The van der Waals surface area contributed by atoms with Crippen molar-refractivity contribution in [2.75, 3.05) is 24.3 Å². The minimum Gasteiger partial charge on any atom is -0.312 e. The maximum Gasteiger partial charge on any atom is 0.151 e. The van der Waals surface area contributed by atoms with E-state index in [0.29, 0.717) is 29.3 Å². The molecule has 0 aromatic rings. The normalized spacial score (nSPS) is 26.1. The fourth-order valence-corrected chi connectivity index (χ4v) is 4.47. The van der Waals surface area contributed by atoms with Crippen LogP contribution in [0.5, 0.6) is 0 Å². The third-order valence-corrected chi connectivity index (χ3v) is 6.12. The predicted molar refractivity (Wildman–Crippen MR) is 71.9 cm³/mol. The molecule has 2 unspecified atom stereocenters. The third kappa shape index (κ3) is 4.63. The molecule has 1 aliphatic carbocycles. The first-order valence-corrected chi connectivity index (χ1v) is 9.16. The average Bonchev–Trinajstić information content (AvgIpc) is 2.64. The molecule has 1 rings (SSSR count). The van der Waals surface area contributed by atoms with Crippen LogP contribution in [-0.4, -0.2) is 44.0 Å². The van der Waals surface area contributed by atoms with Gasteiger partial charge in [-0.3, -0.25) is 0 Å². The zero-order valence-electron chi connectivity index (χ0n) is 10.2. The Kier molecular flexibility index (Phi) is 6.15. The van der Waals surface area contributed by atoms with Crippen molar-refractivity contribution in [2.24, 2.45) is 0 Å². The van der Waals surface area contributed by atoms with Gasteiger partial charge in [0.25, 0.3) is 0 Å². The number of sulfone groups is 1. The van der Waals surface area contributed by atoms with Crippen molar-refractivity contribution in [3.05, 3.63) is 0 Å². The molecule has 0 amide bonds. The standard InChI is InChI=1S/C11H23NO2S2/c1-3-8-16(13,14)9-7-12-10-5-4-6-11(10)15-2/h10-12H,3-9H2,1-2H3. The van der Waals surface area contributed by atoms with Crippen LogP contribution in [0.15, 0.2) is 0 Å². The Balaban J connectivity index is 2.25. The van der Waals surface area contributed by atoms with Crippen molar-refractivity contribution < 1.29 is 8.42 Å². The minimum atomic E-state index is -2.82. The molecule has 0 aromatic heterocycles. The highest BCUT2D eigenvalue weighted by Gasteiger charge is 2.25. The van der Waals surface area contributed by atoms with Gasteiger partial charge in [0.15, 0.2) is 9.84 Å². The summed E-state index contributed by atoms with van der Waals surface area (Å²) in [6.07, 6.45) is 6.59. The van der Waals surface area contributed by atoms with Gasteiger partial charge in [0.05, 0.1) is 5.75 Å². The van der Waals surface area contributed by atoms with Gasteiger partial charge < -0.3 is 5.32 Å². The van der Waals surface area contributed by atoms with Crippen molar-refractivity contribution in [1.82, 2.24) is 5.32 Å². The van der Waals surface area contributed by atoms with Crippen LogP contribution in [0.4, 0.5) is 0 Å².